The van der Waals surface area contributed by atoms with Gasteiger partial charge in [0, 0.05) is 42.9 Å². The van der Waals surface area contributed by atoms with Crippen LogP contribution in [0.5, 0.6) is 0 Å². The molecule has 0 atom stereocenters. The van der Waals surface area contributed by atoms with Gasteiger partial charge in [-0.05, 0) is 73.3 Å². The van der Waals surface area contributed by atoms with E-state index in [-0.39, 0.29) is 0 Å². The fourth-order valence-corrected chi connectivity index (χ4v) is 3.89. The minimum Gasteiger partial charge on any atom is -0.399 e. The maximum atomic E-state index is 6.06. The molecule has 0 amide bonds. The molecule has 172 valence electrons. The van der Waals surface area contributed by atoms with E-state index in [4.69, 9.17) is 10.7 Å². The molecule has 2 heterocycles. The number of nitrogens with one attached hydrogen (secondary N) is 1. The minimum atomic E-state index is 0.524. The van der Waals surface area contributed by atoms with E-state index in [1.165, 1.54) is 5.56 Å². The molecule has 34 heavy (non-hydrogen) atoms. The quantitative estimate of drug-likeness (QED) is 0.476. The topological polar surface area (TPSA) is 70.3 Å². The third-order valence-corrected chi connectivity index (χ3v) is 5.44. The molecule has 0 saturated heterocycles. The molecule has 0 radical (unpaired) electrons. The highest BCUT2D eigenvalue weighted by Gasteiger charge is 2.18. The highest BCUT2D eigenvalue weighted by Crippen LogP contribution is 2.35. The molecule has 3 aromatic rings. The second-order valence-electron chi connectivity index (χ2n) is 8.50. The van der Waals surface area contributed by atoms with Crippen LogP contribution in [0.3, 0.4) is 0 Å². The van der Waals surface area contributed by atoms with Crippen molar-refractivity contribution in [2.45, 2.75) is 6.54 Å². The van der Waals surface area contributed by atoms with Gasteiger partial charge in [-0.15, -0.1) is 0 Å². The first-order valence-electron chi connectivity index (χ1n) is 11.1. The number of hydrogen-bond acceptors (Lipinski definition) is 6. The molecule has 0 fully saturated rings. The molecule has 1 aliphatic rings. The molecule has 1 aromatic heterocycles. The fraction of sp³-hybridized carbons (Fsp3) is 0.143. The molecule has 0 spiro atoms. The predicted molar refractivity (Wildman–Crippen MR) is 142 cm³/mol. The van der Waals surface area contributed by atoms with Gasteiger partial charge in [0.15, 0.2) is 0 Å². The Hall–Kier alpha value is -4.16. The number of aromatic nitrogens is 2. The number of anilines is 3. The van der Waals surface area contributed by atoms with E-state index in [0.29, 0.717) is 11.6 Å². The van der Waals surface area contributed by atoms with Gasteiger partial charge < -0.3 is 20.9 Å². The number of nitrogens with two attached hydrogens (primary N) is 1. The fourth-order valence-electron chi connectivity index (χ4n) is 3.89. The third-order valence-electron chi connectivity index (χ3n) is 5.44. The van der Waals surface area contributed by atoms with Gasteiger partial charge in [-0.3, -0.25) is 0 Å². The molecule has 3 N–H and O–H groups in total. The standard InChI is InChI=1S/C28H30N6/c1-20(22-10-8-11-23(29)18-22)27(26-13-5-6-16-34(26)4)25-14-15-30-28(32-25)31-24-12-7-9-21(17-24)19-33(2)3/h5-18H,1,19,29H2,2-4H3,(H,30,31,32)/b27-26+. The van der Waals surface area contributed by atoms with Crippen molar-refractivity contribution in [3.05, 3.63) is 114 Å². The van der Waals surface area contributed by atoms with Crippen molar-refractivity contribution in [3.63, 3.8) is 0 Å². The van der Waals surface area contributed by atoms with Gasteiger partial charge in [0.1, 0.15) is 0 Å². The van der Waals surface area contributed by atoms with Gasteiger partial charge in [0.25, 0.3) is 0 Å². The molecule has 6 nitrogen and oxygen atoms in total. The van der Waals surface area contributed by atoms with Crippen LogP contribution in [0, 0.1) is 0 Å². The van der Waals surface area contributed by atoms with E-state index in [1.807, 2.05) is 67.9 Å². The Labute approximate surface area is 201 Å². The number of nitrogen functional groups attached to an aromatic ring is 1. The van der Waals surface area contributed by atoms with E-state index in [2.05, 4.69) is 59.0 Å². The van der Waals surface area contributed by atoms with E-state index < -0.39 is 0 Å². The van der Waals surface area contributed by atoms with Crippen LogP contribution in [0.2, 0.25) is 0 Å². The molecule has 2 aromatic carbocycles. The lowest BCUT2D eigenvalue weighted by molar-refractivity contribution is 0.402. The van der Waals surface area contributed by atoms with E-state index in [9.17, 15) is 0 Å². The smallest absolute Gasteiger partial charge is 0.227 e. The molecular weight excluding hydrogens is 420 g/mol. The van der Waals surface area contributed by atoms with Crippen LogP contribution in [-0.4, -0.2) is 40.9 Å². The lowest BCUT2D eigenvalue weighted by Crippen LogP contribution is -2.14. The van der Waals surface area contributed by atoms with Crippen molar-refractivity contribution in [1.82, 2.24) is 19.8 Å². The van der Waals surface area contributed by atoms with Crippen molar-refractivity contribution in [3.8, 4) is 0 Å². The largest absolute Gasteiger partial charge is 0.399 e. The first kappa shape index (κ1) is 23.0. The van der Waals surface area contributed by atoms with Gasteiger partial charge in [-0.2, -0.15) is 0 Å². The summed E-state index contributed by atoms with van der Waals surface area (Å²) in [6.07, 6.45) is 9.85. The summed E-state index contributed by atoms with van der Waals surface area (Å²) in [6.45, 7) is 5.28. The second kappa shape index (κ2) is 10.2. The molecule has 0 saturated carbocycles. The molecule has 6 heteroatoms. The zero-order valence-corrected chi connectivity index (χ0v) is 19.9. The average Bonchev–Trinajstić information content (AvgIpc) is 2.80. The molecule has 0 aliphatic carbocycles. The van der Waals surface area contributed by atoms with Crippen molar-refractivity contribution in [2.24, 2.45) is 0 Å². The van der Waals surface area contributed by atoms with E-state index in [0.717, 1.165) is 40.3 Å². The highest BCUT2D eigenvalue weighted by molar-refractivity contribution is 6.05. The summed E-state index contributed by atoms with van der Waals surface area (Å²) in [5.41, 5.74) is 13.4. The van der Waals surface area contributed by atoms with Gasteiger partial charge in [0.2, 0.25) is 5.95 Å². The number of likely N-dealkylation sites (N-methyl/N-ethyl adjacent to an activating group) is 1. The maximum absolute atomic E-state index is 6.06. The van der Waals surface area contributed by atoms with Gasteiger partial charge in [0.05, 0.1) is 11.4 Å². The SMILES string of the molecule is C=C(/C(=C1/C=CC=CN1C)c1ccnc(Nc2cccc(CN(C)C)c2)n1)c1cccc(N)c1. The summed E-state index contributed by atoms with van der Waals surface area (Å²) in [6, 6.07) is 17.9. The molecule has 0 bridgehead atoms. The maximum Gasteiger partial charge on any atom is 0.227 e. The molecule has 4 rings (SSSR count). The first-order chi connectivity index (χ1) is 16.4. The Bertz CT molecular complexity index is 1290. The summed E-state index contributed by atoms with van der Waals surface area (Å²) in [5, 5.41) is 3.36. The summed E-state index contributed by atoms with van der Waals surface area (Å²) >= 11 is 0. The van der Waals surface area contributed by atoms with Crippen LogP contribution in [-0.2, 0) is 6.54 Å². The zero-order valence-electron chi connectivity index (χ0n) is 19.9. The minimum absolute atomic E-state index is 0.524. The summed E-state index contributed by atoms with van der Waals surface area (Å²) in [5.74, 6) is 0.524. The van der Waals surface area contributed by atoms with Crippen LogP contribution in [0.25, 0.3) is 11.1 Å². The Kier molecular flexibility index (Phi) is 6.90. The highest BCUT2D eigenvalue weighted by atomic mass is 15.1. The predicted octanol–water partition coefficient (Wildman–Crippen LogP) is 5.30. The zero-order chi connectivity index (χ0) is 24.1. The summed E-state index contributed by atoms with van der Waals surface area (Å²) in [7, 11) is 6.13. The first-order valence-corrected chi connectivity index (χ1v) is 11.1. The van der Waals surface area contributed by atoms with Crippen LogP contribution in [0.4, 0.5) is 17.3 Å². The van der Waals surface area contributed by atoms with E-state index >= 15 is 0 Å². The Morgan fingerprint density at radius 2 is 1.91 bits per heavy atom. The van der Waals surface area contributed by atoms with Crippen molar-refractivity contribution in [2.75, 3.05) is 32.2 Å². The van der Waals surface area contributed by atoms with Crippen LogP contribution in [0.15, 0.2) is 97.5 Å². The summed E-state index contributed by atoms with van der Waals surface area (Å²) in [4.78, 5) is 13.5. The average molecular weight is 451 g/mol. The molecule has 0 unspecified atom stereocenters. The van der Waals surface area contributed by atoms with Crippen molar-refractivity contribution in [1.29, 1.82) is 0 Å². The Morgan fingerprint density at radius 3 is 2.68 bits per heavy atom. The normalized spacial score (nSPS) is 14.4. The van der Waals surface area contributed by atoms with Gasteiger partial charge >= 0.3 is 0 Å². The van der Waals surface area contributed by atoms with E-state index in [1.54, 1.807) is 6.20 Å². The van der Waals surface area contributed by atoms with Gasteiger partial charge in [-0.25, -0.2) is 9.97 Å². The number of hydrogen-bond donors (Lipinski definition) is 2. The van der Waals surface area contributed by atoms with Crippen LogP contribution >= 0.6 is 0 Å². The van der Waals surface area contributed by atoms with Crippen molar-refractivity contribution >= 4 is 28.5 Å². The van der Waals surface area contributed by atoms with Gasteiger partial charge in [-0.1, -0.05) is 36.9 Å². The number of benzene rings is 2. The van der Waals surface area contributed by atoms with Crippen LogP contribution in [0.1, 0.15) is 16.8 Å². The monoisotopic (exact) mass is 450 g/mol. The van der Waals surface area contributed by atoms with Crippen molar-refractivity contribution < 1.29 is 0 Å². The summed E-state index contributed by atoms with van der Waals surface area (Å²) < 4.78 is 0. The molecule has 1 aliphatic heterocycles. The van der Waals surface area contributed by atoms with Crippen LogP contribution < -0.4 is 11.1 Å². The molecular formula is C28H30N6. The lowest BCUT2D eigenvalue weighted by atomic mass is 9.93. The lowest BCUT2D eigenvalue weighted by Gasteiger charge is -2.24. The number of rotatable bonds is 7. The Balaban J connectivity index is 1.73. The second-order valence-corrected chi connectivity index (χ2v) is 8.50. The number of nitrogens with zero attached hydrogens (tertiary/aromatic N) is 4. The number of allylic oxidation sites excluding steroid dienone is 5. The Morgan fingerprint density at radius 1 is 1.09 bits per heavy atom. The third kappa shape index (κ3) is 5.42.